The van der Waals surface area contributed by atoms with Gasteiger partial charge in [-0.15, -0.1) is 0 Å². The molecule has 0 radical (unpaired) electrons. The van der Waals surface area contributed by atoms with Crippen molar-refractivity contribution in [2.24, 2.45) is 0 Å². The summed E-state index contributed by atoms with van der Waals surface area (Å²) >= 11 is 0. The second kappa shape index (κ2) is 5.81. The quantitative estimate of drug-likeness (QED) is 0.805. The maximum absolute atomic E-state index is 11.8. The van der Waals surface area contributed by atoms with Crippen molar-refractivity contribution in [3.8, 4) is 22.4 Å². The summed E-state index contributed by atoms with van der Waals surface area (Å²) in [4.78, 5) is 20.2. The van der Waals surface area contributed by atoms with Crippen molar-refractivity contribution in [1.29, 1.82) is 0 Å². The third-order valence-electron chi connectivity index (χ3n) is 3.49. The lowest BCUT2D eigenvalue weighted by Gasteiger charge is -2.11. The van der Waals surface area contributed by atoms with Gasteiger partial charge in [0.1, 0.15) is 0 Å². The second-order valence-electron chi connectivity index (χ2n) is 4.90. The van der Waals surface area contributed by atoms with Crippen molar-refractivity contribution in [2.75, 3.05) is 5.73 Å². The number of aryl methyl sites for hydroxylation is 1. The van der Waals surface area contributed by atoms with Crippen LogP contribution in [0.25, 0.3) is 22.4 Å². The Balaban J connectivity index is 2.21. The van der Waals surface area contributed by atoms with E-state index in [0.29, 0.717) is 6.54 Å². The molecule has 2 heterocycles. The topological polar surface area (TPSA) is 73.8 Å². The highest BCUT2D eigenvalue weighted by Crippen LogP contribution is 2.29. The van der Waals surface area contributed by atoms with Crippen LogP contribution in [-0.4, -0.2) is 14.5 Å². The van der Waals surface area contributed by atoms with Crippen LogP contribution in [-0.2, 0) is 6.54 Å². The van der Waals surface area contributed by atoms with Gasteiger partial charge in [-0.2, -0.15) is 0 Å². The van der Waals surface area contributed by atoms with Gasteiger partial charge in [-0.05, 0) is 13.0 Å². The van der Waals surface area contributed by atoms with Crippen LogP contribution in [0.5, 0.6) is 0 Å². The average molecular weight is 292 g/mol. The van der Waals surface area contributed by atoms with Gasteiger partial charge in [-0.3, -0.25) is 4.79 Å². The van der Waals surface area contributed by atoms with Crippen LogP contribution < -0.4 is 11.3 Å². The number of nitrogens with zero attached hydrogens (tertiary/aromatic N) is 3. The molecule has 1 aromatic carbocycles. The zero-order chi connectivity index (χ0) is 15.5. The minimum Gasteiger partial charge on any atom is -0.368 e. The molecule has 3 aromatic rings. The molecule has 0 spiro atoms. The van der Waals surface area contributed by atoms with Crippen LogP contribution in [0.3, 0.4) is 0 Å². The fourth-order valence-electron chi connectivity index (χ4n) is 2.36. The van der Waals surface area contributed by atoms with E-state index in [1.807, 2.05) is 43.5 Å². The van der Waals surface area contributed by atoms with Gasteiger partial charge in [0.05, 0.1) is 5.69 Å². The summed E-state index contributed by atoms with van der Waals surface area (Å²) in [5.41, 5.74) is 9.18. The molecule has 2 aromatic heterocycles. The van der Waals surface area contributed by atoms with E-state index in [4.69, 9.17) is 5.73 Å². The van der Waals surface area contributed by atoms with Crippen molar-refractivity contribution in [1.82, 2.24) is 14.5 Å². The highest BCUT2D eigenvalue weighted by Gasteiger charge is 2.11. The lowest BCUT2D eigenvalue weighted by molar-refractivity contribution is 0.728. The van der Waals surface area contributed by atoms with Crippen LogP contribution >= 0.6 is 0 Å². The van der Waals surface area contributed by atoms with E-state index in [2.05, 4.69) is 9.97 Å². The molecule has 5 nitrogen and oxygen atoms in total. The van der Waals surface area contributed by atoms with Crippen molar-refractivity contribution in [3.05, 3.63) is 65.2 Å². The molecule has 0 amide bonds. The van der Waals surface area contributed by atoms with Crippen molar-refractivity contribution in [2.45, 2.75) is 13.5 Å². The number of pyridine rings is 1. The molecule has 0 saturated heterocycles. The van der Waals surface area contributed by atoms with E-state index < -0.39 is 0 Å². The molecule has 0 aliphatic heterocycles. The number of benzene rings is 1. The van der Waals surface area contributed by atoms with E-state index in [1.165, 1.54) is 0 Å². The summed E-state index contributed by atoms with van der Waals surface area (Å²) in [5.74, 6) is 0.228. The molecule has 0 atom stereocenters. The van der Waals surface area contributed by atoms with Crippen molar-refractivity contribution in [3.63, 3.8) is 0 Å². The van der Waals surface area contributed by atoms with Crippen LogP contribution in [0.2, 0.25) is 0 Å². The van der Waals surface area contributed by atoms with E-state index >= 15 is 0 Å². The van der Waals surface area contributed by atoms with E-state index in [0.717, 1.165) is 22.4 Å². The summed E-state index contributed by atoms with van der Waals surface area (Å²) in [6.45, 7) is 2.55. The van der Waals surface area contributed by atoms with Gasteiger partial charge in [-0.25, -0.2) is 9.97 Å². The van der Waals surface area contributed by atoms with Gasteiger partial charge in [0, 0.05) is 41.7 Å². The van der Waals surface area contributed by atoms with Crippen LogP contribution in [0.15, 0.2) is 59.7 Å². The fourth-order valence-corrected chi connectivity index (χ4v) is 2.36. The van der Waals surface area contributed by atoms with E-state index in [-0.39, 0.29) is 11.5 Å². The molecule has 22 heavy (non-hydrogen) atoms. The highest BCUT2D eigenvalue weighted by molar-refractivity contribution is 5.80. The Hall–Kier alpha value is -2.95. The Labute approximate surface area is 128 Å². The molecule has 5 heteroatoms. The number of nitrogens with two attached hydrogens (primary N) is 1. The zero-order valence-corrected chi connectivity index (χ0v) is 12.2. The average Bonchev–Trinajstić information content (AvgIpc) is 2.56. The molecular weight excluding hydrogens is 276 g/mol. The SMILES string of the molecule is CCn1cc(-c2cnc(N)nc2-c2ccccc2)ccc1=O. The summed E-state index contributed by atoms with van der Waals surface area (Å²) in [6, 6.07) is 13.1. The number of anilines is 1. The van der Waals surface area contributed by atoms with Gasteiger partial charge in [0.25, 0.3) is 5.56 Å². The monoisotopic (exact) mass is 292 g/mol. The minimum atomic E-state index is -0.0242. The lowest BCUT2D eigenvalue weighted by Crippen LogP contribution is -2.17. The molecule has 0 saturated carbocycles. The maximum Gasteiger partial charge on any atom is 0.250 e. The minimum absolute atomic E-state index is 0.0242. The van der Waals surface area contributed by atoms with Gasteiger partial charge < -0.3 is 10.3 Å². The normalized spacial score (nSPS) is 10.6. The first-order chi connectivity index (χ1) is 10.7. The van der Waals surface area contributed by atoms with Gasteiger partial charge in [-0.1, -0.05) is 30.3 Å². The number of rotatable bonds is 3. The Morgan fingerprint density at radius 1 is 1.09 bits per heavy atom. The molecular formula is C17H16N4O. The first-order valence-electron chi connectivity index (χ1n) is 7.08. The lowest BCUT2D eigenvalue weighted by atomic mass is 10.0. The van der Waals surface area contributed by atoms with E-state index in [9.17, 15) is 4.79 Å². The molecule has 0 unspecified atom stereocenters. The summed E-state index contributed by atoms with van der Waals surface area (Å²) in [7, 11) is 0. The smallest absolute Gasteiger partial charge is 0.250 e. The van der Waals surface area contributed by atoms with Gasteiger partial charge >= 0.3 is 0 Å². The molecule has 0 bridgehead atoms. The predicted octanol–water partition coefficient (Wildman–Crippen LogP) is 2.57. The molecule has 2 N–H and O–H groups in total. The number of nitrogen functional groups attached to an aromatic ring is 1. The summed E-state index contributed by atoms with van der Waals surface area (Å²) in [6.07, 6.45) is 3.52. The number of hydrogen-bond acceptors (Lipinski definition) is 4. The Bertz CT molecular complexity index is 856. The summed E-state index contributed by atoms with van der Waals surface area (Å²) in [5, 5.41) is 0. The van der Waals surface area contributed by atoms with Crippen molar-refractivity contribution >= 4 is 5.95 Å². The largest absolute Gasteiger partial charge is 0.368 e. The molecule has 3 rings (SSSR count). The first-order valence-corrected chi connectivity index (χ1v) is 7.08. The van der Waals surface area contributed by atoms with Crippen LogP contribution in [0.1, 0.15) is 6.92 Å². The second-order valence-corrected chi connectivity index (χ2v) is 4.90. The summed E-state index contributed by atoms with van der Waals surface area (Å²) < 4.78 is 1.65. The third kappa shape index (κ3) is 2.61. The van der Waals surface area contributed by atoms with Crippen molar-refractivity contribution < 1.29 is 0 Å². The van der Waals surface area contributed by atoms with E-state index in [1.54, 1.807) is 22.9 Å². The molecule has 110 valence electrons. The molecule has 0 aliphatic rings. The third-order valence-corrected chi connectivity index (χ3v) is 3.49. The Kier molecular flexibility index (Phi) is 3.70. The van der Waals surface area contributed by atoms with Crippen LogP contribution in [0, 0.1) is 0 Å². The van der Waals surface area contributed by atoms with Gasteiger partial charge in [0.15, 0.2) is 0 Å². The zero-order valence-electron chi connectivity index (χ0n) is 12.2. The number of hydrogen-bond donors (Lipinski definition) is 1. The Morgan fingerprint density at radius 2 is 1.86 bits per heavy atom. The molecule has 0 fully saturated rings. The predicted molar refractivity (Wildman–Crippen MR) is 87.3 cm³/mol. The molecule has 0 aliphatic carbocycles. The highest BCUT2D eigenvalue weighted by atomic mass is 16.1. The number of aromatic nitrogens is 3. The Morgan fingerprint density at radius 3 is 2.59 bits per heavy atom. The fraction of sp³-hybridized carbons (Fsp3) is 0.118. The standard InChI is InChI=1S/C17H16N4O/c1-2-21-11-13(8-9-15(21)22)14-10-19-17(18)20-16(14)12-6-4-3-5-7-12/h3-11H,2H2,1H3,(H2,18,19,20). The first kappa shape index (κ1) is 14.0. The maximum atomic E-state index is 11.8. The van der Waals surface area contributed by atoms with Crippen LogP contribution in [0.4, 0.5) is 5.95 Å². The van der Waals surface area contributed by atoms with Gasteiger partial charge in [0.2, 0.25) is 5.95 Å².